The number of amidine groups is 1. The summed E-state index contributed by atoms with van der Waals surface area (Å²) in [5, 5.41) is 2.00. The van der Waals surface area contributed by atoms with Crippen molar-refractivity contribution >= 4 is 67.5 Å². The van der Waals surface area contributed by atoms with Crippen molar-refractivity contribution in [1.29, 1.82) is 0 Å². The van der Waals surface area contributed by atoms with Crippen LogP contribution in [0.2, 0.25) is 8.67 Å². The van der Waals surface area contributed by atoms with E-state index in [9.17, 15) is 8.42 Å². The summed E-state index contributed by atoms with van der Waals surface area (Å²) in [7, 11) is -3.86. The van der Waals surface area contributed by atoms with Crippen LogP contribution < -0.4 is 14.8 Å². The number of para-hydroxylation sites is 1. The molecule has 3 N–H and O–H groups in total. The van der Waals surface area contributed by atoms with E-state index in [1.54, 1.807) is 12.1 Å². The molecule has 3 aromatic carbocycles. The molecule has 4 aromatic rings. The number of nitrogens with two attached hydrogens (primary N) is 1. The maximum absolute atomic E-state index is 12.7. The van der Waals surface area contributed by atoms with E-state index in [1.165, 1.54) is 6.07 Å². The molecule has 0 atom stereocenters. The zero-order valence-corrected chi connectivity index (χ0v) is 20.7. The van der Waals surface area contributed by atoms with Gasteiger partial charge in [0.25, 0.3) is 10.0 Å². The number of rotatable bonds is 7. The third-order valence-corrected chi connectivity index (χ3v) is 8.21. The molecule has 0 aliphatic carbocycles. The number of thiophene rings is 1. The first kappa shape index (κ1) is 22.9. The van der Waals surface area contributed by atoms with E-state index in [2.05, 4.69) is 9.71 Å². The van der Waals surface area contributed by atoms with Crippen LogP contribution in [0, 0.1) is 0 Å². The number of benzene rings is 3. The molecular formula is C24H18Cl2N3O3S2+. The van der Waals surface area contributed by atoms with E-state index in [0.29, 0.717) is 22.1 Å². The van der Waals surface area contributed by atoms with E-state index in [0.717, 1.165) is 39.9 Å². The molecule has 172 valence electrons. The molecule has 34 heavy (non-hydrogen) atoms. The Labute approximate surface area is 210 Å². The lowest BCUT2D eigenvalue weighted by Gasteiger charge is -2.07. The van der Waals surface area contributed by atoms with Crippen LogP contribution in [0.5, 0.6) is 11.5 Å². The molecule has 10 heteroatoms. The Balaban J connectivity index is 1.27. The van der Waals surface area contributed by atoms with Gasteiger partial charge in [0.15, 0.2) is 5.69 Å². The first-order valence-corrected chi connectivity index (χ1v) is 13.3. The zero-order chi connectivity index (χ0) is 23.7. The van der Waals surface area contributed by atoms with Crippen LogP contribution in [0.3, 0.4) is 0 Å². The number of halogens is 2. The van der Waals surface area contributed by atoms with Crippen molar-refractivity contribution < 1.29 is 18.5 Å². The smallest absolute Gasteiger partial charge is 0.264 e. The molecule has 0 unspecified atom stereocenters. The third-order valence-electron chi connectivity index (χ3n) is 5.07. The minimum Gasteiger partial charge on any atom is -0.457 e. The Bertz CT molecular complexity index is 1490. The first-order chi connectivity index (χ1) is 16.4. The van der Waals surface area contributed by atoms with Crippen LogP contribution in [0.25, 0.3) is 0 Å². The number of quaternary nitrogens is 1. The molecule has 5 rings (SSSR count). The highest BCUT2D eigenvalue weighted by molar-refractivity contribution is 7.93. The fourth-order valence-corrected chi connectivity index (χ4v) is 6.71. The van der Waals surface area contributed by atoms with Crippen molar-refractivity contribution in [3.63, 3.8) is 0 Å². The summed E-state index contributed by atoms with van der Waals surface area (Å²) in [6, 6.07) is 24.1. The van der Waals surface area contributed by atoms with Gasteiger partial charge in [0, 0.05) is 6.07 Å². The Hall–Kier alpha value is -2.88. The number of fused-ring (bicyclic) bond motifs is 1. The summed E-state index contributed by atoms with van der Waals surface area (Å²) >= 11 is 12.9. The highest BCUT2D eigenvalue weighted by Crippen LogP contribution is 2.36. The van der Waals surface area contributed by atoms with E-state index in [-0.39, 0.29) is 9.23 Å². The highest BCUT2D eigenvalue weighted by Gasteiger charge is 2.24. The van der Waals surface area contributed by atoms with Crippen molar-refractivity contribution in [2.75, 3.05) is 4.72 Å². The predicted octanol–water partition coefficient (Wildman–Crippen LogP) is 6.13. The van der Waals surface area contributed by atoms with Crippen molar-refractivity contribution in [3.8, 4) is 11.5 Å². The largest absolute Gasteiger partial charge is 0.457 e. The van der Waals surface area contributed by atoms with Crippen molar-refractivity contribution in [3.05, 3.63) is 93.1 Å². The molecule has 0 amide bonds. The van der Waals surface area contributed by atoms with Crippen LogP contribution in [0.15, 0.2) is 88.8 Å². The number of hydrogen-bond acceptors (Lipinski definition) is 5. The number of anilines is 1. The Morgan fingerprint density at radius 2 is 1.68 bits per heavy atom. The Kier molecular flexibility index (Phi) is 6.33. The maximum Gasteiger partial charge on any atom is 0.264 e. The molecule has 0 saturated heterocycles. The monoisotopic (exact) mass is 530 g/mol. The summed E-state index contributed by atoms with van der Waals surface area (Å²) in [6.07, 6.45) is 0.643. The quantitative estimate of drug-likeness (QED) is 0.282. The fourth-order valence-electron chi connectivity index (χ4n) is 3.51. The standard InChI is InChI=1S/C24H17Cl2N3O3S2/c25-22-14-21(24(26)33-22)34(30,31)29-16-8-11-19-20(13-16)28-23(27-19)12-15-6-9-18(10-7-15)32-17-4-2-1-3-5-17/h1-11,13-14,29H,12H2,(H,27,28)/p+1. The summed E-state index contributed by atoms with van der Waals surface area (Å²) in [5.74, 6) is 2.44. The summed E-state index contributed by atoms with van der Waals surface area (Å²) < 4.78 is 34.2. The van der Waals surface area contributed by atoms with Crippen molar-refractivity contribution in [2.24, 2.45) is 4.99 Å². The lowest BCUT2D eigenvalue weighted by atomic mass is 10.1. The normalized spacial score (nSPS) is 12.8. The molecule has 2 heterocycles. The average Bonchev–Trinajstić information content (AvgIpc) is 3.37. The van der Waals surface area contributed by atoms with E-state index < -0.39 is 10.0 Å². The SMILES string of the molecule is O=S(=O)(Nc1ccc2c(c1)N=C(Cc1ccc(Oc3ccccc3)cc1)[NH2+]2)c1cc(Cl)sc1Cl. The van der Waals surface area contributed by atoms with Gasteiger partial charge < -0.3 is 4.74 Å². The van der Waals surface area contributed by atoms with Gasteiger partial charge in [0.2, 0.25) is 5.84 Å². The van der Waals surface area contributed by atoms with Gasteiger partial charge in [-0.2, -0.15) is 4.99 Å². The van der Waals surface area contributed by atoms with Crippen LogP contribution in [0.1, 0.15) is 5.56 Å². The molecule has 0 fully saturated rings. The van der Waals surface area contributed by atoms with Crippen LogP contribution in [0.4, 0.5) is 17.1 Å². The lowest BCUT2D eigenvalue weighted by molar-refractivity contribution is -0.440. The number of ether oxygens (including phenoxy) is 1. The maximum atomic E-state index is 12.7. The van der Waals surface area contributed by atoms with Gasteiger partial charge in [0.05, 0.1) is 16.4 Å². The highest BCUT2D eigenvalue weighted by atomic mass is 35.5. The van der Waals surface area contributed by atoms with Gasteiger partial charge in [-0.1, -0.05) is 53.5 Å². The molecular weight excluding hydrogens is 513 g/mol. The second-order valence-corrected chi connectivity index (χ2v) is 11.5. The second-order valence-electron chi connectivity index (χ2n) is 7.55. The number of nitrogens with zero attached hydrogens (tertiary/aromatic N) is 1. The van der Waals surface area contributed by atoms with Gasteiger partial charge in [0.1, 0.15) is 26.4 Å². The van der Waals surface area contributed by atoms with Gasteiger partial charge in [-0.15, -0.1) is 11.3 Å². The van der Waals surface area contributed by atoms with Gasteiger partial charge in [-0.25, -0.2) is 8.42 Å². The average molecular weight is 531 g/mol. The molecule has 0 bridgehead atoms. The van der Waals surface area contributed by atoms with Crippen LogP contribution in [-0.2, 0) is 16.4 Å². The van der Waals surface area contributed by atoms with Crippen molar-refractivity contribution in [2.45, 2.75) is 11.3 Å². The molecule has 0 saturated carbocycles. The third kappa shape index (κ3) is 5.11. The zero-order valence-electron chi connectivity index (χ0n) is 17.5. The van der Waals surface area contributed by atoms with E-state index in [4.69, 9.17) is 27.9 Å². The molecule has 0 radical (unpaired) electrons. The second kappa shape index (κ2) is 9.40. The Morgan fingerprint density at radius 1 is 0.941 bits per heavy atom. The molecule has 0 spiro atoms. The fraction of sp³-hybridized carbons (Fsp3) is 0.0417. The summed E-state index contributed by atoms with van der Waals surface area (Å²) in [5.41, 5.74) is 3.12. The van der Waals surface area contributed by atoms with Gasteiger partial charge in [-0.3, -0.25) is 10.0 Å². The summed E-state index contributed by atoms with van der Waals surface area (Å²) in [6.45, 7) is 0. The number of nitrogens with one attached hydrogen (secondary N) is 1. The lowest BCUT2D eigenvalue weighted by Crippen LogP contribution is -2.81. The van der Waals surface area contributed by atoms with E-state index in [1.807, 2.05) is 66.0 Å². The number of sulfonamides is 1. The Morgan fingerprint density at radius 3 is 2.38 bits per heavy atom. The minimum absolute atomic E-state index is 0.0416. The van der Waals surface area contributed by atoms with Crippen LogP contribution >= 0.6 is 34.5 Å². The van der Waals surface area contributed by atoms with Gasteiger partial charge in [-0.05, 0) is 48.0 Å². The molecule has 6 nitrogen and oxygen atoms in total. The number of hydrogen-bond donors (Lipinski definition) is 2. The van der Waals surface area contributed by atoms with Crippen molar-refractivity contribution in [1.82, 2.24) is 0 Å². The molecule has 1 aromatic heterocycles. The predicted molar refractivity (Wildman–Crippen MR) is 137 cm³/mol. The minimum atomic E-state index is -3.86. The van der Waals surface area contributed by atoms with Crippen LogP contribution in [-0.4, -0.2) is 14.3 Å². The molecule has 1 aliphatic rings. The van der Waals surface area contributed by atoms with Gasteiger partial charge >= 0.3 is 0 Å². The molecule has 1 aliphatic heterocycles. The summed E-state index contributed by atoms with van der Waals surface area (Å²) in [4.78, 5) is 4.63. The number of aliphatic imine (C=N–C) groups is 1. The first-order valence-electron chi connectivity index (χ1n) is 10.2. The van der Waals surface area contributed by atoms with E-state index >= 15 is 0 Å². The topological polar surface area (TPSA) is 84.4 Å².